The normalized spacial score (nSPS) is 23.0. The number of hydrogen-bond donors (Lipinski definition) is 11. The fourth-order valence-corrected chi connectivity index (χ4v) is 9.20. The number of nitrogens with zero attached hydrogens (tertiary/aromatic N) is 1. The van der Waals surface area contributed by atoms with Crippen molar-refractivity contribution in [3.8, 4) is 5.75 Å². The predicted molar refractivity (Wildman–Crippen MR) is 249 cm³/mol. The maximum absolute atomic E-state index is 14.1. The summed E-state index contributed by atoms with van der Waals surface area (Å²) in [5.74, 6) is -13.2. The van der Waals surface area contributed by atoms with Crippen LogP contribution >= 0.6 is 0 Å². The van der Waals surface area contributed by atoms with Gasteiger partial charge in [-0.25, -0.2) is 8.42 Å². The van der Waals surface area contributed by atoms with Gasteiger partial charge in [0.2, 0.25) is 65.0 Å². The van der Waals surface area contributed by atoms with E-state index in [-0.39, 0.29) is 18.1 Å². The van der Waals surface area contributed by atoms with Gasteiger partial charge in [-0.05, 0) is 55.2 Å². The van der Waals surface area contributed by atoms with Gasteiger partial charge in [-0.1, -0.05) is 51.7 Å². The number of sulfone groups is 1. The number of carbonyl (C=O) groups excluding carboxylic acids is 11. The molecule has 0 radical (unpaired) electrons. The number of nitrogens with two attached hydrogens (primary N) is 3. The monoisotopic (exact) mass is 1010 g/mol. The number of phenols is 1. The molecule has 11 amide bonds. The van der Waals surface area contributed by atoms with Crippen molar-refractivity contribution >= 4 is 74.8 Å². The Bertz CT molecular complexity index is 2200. The Hall–Kier alpha value is -6.86. The number of aromatic hydroxyl groups is 1. The molecular formula is C44H67N11O14S. The zero-order chi connectivity index (χ0) is 52.3. The van der Waals surface area contributed by atoms with Gasteiger partial charge in [-0.2, -0.15) is 0 Å². The summed E-state index contributed by atoms with van der Waals surface area (Å²) >= 11 is 0. The molecule has 2 fully saturated rings. The summed E-state index contributed by atoms with van der Waals surface area (Å²) in [6, 6.07) is -3.61. The molecule has 25 nitrogen and oxygen atoms in total. The van der Waals surface area contributed by atoms with Crippen molar-refractivity contribution in [2.45, 2.75) is 127 Å². The van der Waals surface area contributed by atoms with Crippen molar-refractivity contribution < 1.29 is 66.3 Å². The van der Waals surface area contributed by atoms with E-state index in [1.165, 1.54) is 24.3 Å². The Morgan fingerprint density at radius 2 is 1.39 bits per heavy atom. The van der Waals surface area contributed by atoms with Crippen molar-refractivity contribution in [1.82, 2.24) is 42.1 Å². The minimum Gasteiger partial charge on any atom is -0.508 e. The number of hydrogen-bond acceptors (Lipinski definition) is 14. The van der Waals surface area contributed by atoms with E-state index in [1.807, 2.05) is 0 Å². The molecule has 1 aliphatic carbocycles. The largest absolute Gasteiger partial charge is 0.508 e. The number of benzene rings is 1. The maximum Gasteiger partial charge on any atom is 0.245 e. The fourth-order valence-electron chi connectivity index (χ4n) is 7.90. The molecule has 3 rings (SSSR count). The zero-order valence-electron chi connectivity index (χ0n) is 39.6. The first-order valence-corrected chi connectivity index (χ1v) is 24.9. The summed E-state index contributed by atoms with van der Waals surface area (Å²) in [5, 5.41) is 27.0. The average Bonchev–Trinajstić information content (AvgIpc) is 3.30. The Morgan fingerprint density at radius 3 is 1.99 bits per heavy atom. The third-order valence-corrected chi connectivity index (χ3v) is 13.7. The molecule has 70 heavy (non-hydrogen) atoms. The SMILES string of the molecule is CC[C@H](C)[C@@H]1NC(=O)[C@@H](Cc2ccc(O)cc2)NC(=O)CCS(=O)(=O)CC[C@@H](C(=O)N(C)CC(=O)N[C@H](C(=O)NCC(N)=O)C2CCCCC2)NC(=O)[C@H](CC(N)=O)NC(=O)[C@H](CCC(N)=O)NC1=O. The first-order valence-electron chi connectivity index (χ1n) is 23.1. The fraction of sp³-hybridized carbons (Fsp3) is 0.614. The molecule has 388 valence electrons. The third kappa shape index (κ3) is 19.3. The lowest BCUT2D eigenvalue weighted by atomic mass is 9.83. The van der Waals surface area contributed by atoms with E-state index in [9.17, 15) is 66.3 Å². The van der Waals surface area contributed by atoms with Crippen LogP contribution in [0.15, 0.2) is 24.3 Å². The molecule has 26 heteroatoms. The van der Waals surface area contributed by atoms with Gasteiger partial charge in [-0.3, -0.25) is 52.7 Å². The van der Waals surface area contributed by atoms with Crippen molar-refractivity contribution in [3.05, 3.63) is 29.8 Å². The van der Waals surface area contributed by atoms with Crippen LogP contribution in [0.4, 0.5) is 0 Å². The van der Waals surface area contributed by atoms with Crippen molar-refractivity contribution in [2.24, 2.45) is 29.0 Å². The Kier molecular flexibility index (Phi) is 22.5. The van der Waals surface area contributed by atoms with Gasteiger partial charge in [0.05, 0.1) is 31.0 Å². The molecule has 1 aliphatic heterocycles. The number of amides is 11. The predicted octanol–water partition coefficient (Wildman–Crippen LogP) is -4.12. The molecule has 1 aromatic carbocycles. The van der Waals surface area contributed by atoms with Crippen LogP contribution in [0.3, 0.4) is 0 Å². The second-order valence-electron chi connectivity index (χ2n) is 17.7. The molecule has 7 atom stereocenters. The summed E-state index contributed by atoms with van der Waals surface area (Å²) < 4.78 is 27.1. The number of carbonyl (C=O) groups is 11. The second-order valence-corrected chi connectivity index (χ2v) is 20.0. The maximum atomic E-state index is 14.1. The molecule has 1 aromatic rings. The zero-order valence-corrected chi connectivity index (χ0v) is 40.4. The van der Waals surface area contributed by atoms with Crippen molar-refractivity contribution in [1.29, 1.82) is 0 Å². The van der Waals surface area contributed by atoms with Gasteiger partial charge in [0, 0.05) is 26.3 Å². The van der Waals surface area contributed by atoms with Crippen molar-refractivity contribution in [3.63, 3.8) is 0 Å². The van der Waals surface area contributed by atoms with E-state index >= 15 is 0 Å². The summed E-state index contributed by atoms with van der Waals surface area (Å²) in [7, 11) is -3.12. The number of nitrogens with one attached hydrogen (secondary N) is 7. The number of likely N-dealkylation sites (N-methyl/N-ethyl adjacent to an activating group) is 1. The lowest BCUT2D eigenvalue weighted by Crippen LogP contribution is -2.61. The summed E-state index contributed by atoms with van der Waals surface area (Å²) in [5.41, 5.74) is 16.5. The lowest BCUT2D eigenvalue weighted by molar-refractivity contribution is -0.140. The highest BCUT2D eigenvalue weighted by molar-refractivity contribution is 7.91. The van der Waals surface area contributed by atoms with Crippen LogP contribution in [0.1, 0.15) is 90.0 Å². The molecule has 0 bridgehead atoms. The van der Waals surface area contributed by atoms with Gasteiger partial charge in [0.1, 0.15) is 42.0 Å². The minimum absolute atomic E-state index is 0.0904. The van der Waals surface area contributed by atoms with E-state index in [0.29, 0.717) is 24.8 Å². The first kappa shape index (κ1) is 57.5. The molecule has 0 aromatic heterocycles. The summed E-state index contributed by atoms with van der Waals surface area (Å²) in [4.78, 5) is 147. The van der Waals surface area contributed by atoms with Crippen molar-refractivity contribution in [2.75, 3.05) is 31.6 Å². The molecule has 2 aliphatic rings. The van der Waals surface area contributed by atoms with Crippen LogP contribution in [0.5, 0.6) is 5.75 Å². The first-order chi connectivity index (χ1) is 32.9. The van der Waals surface area contributed by atoms with E-state index in [4.69, 9.17) is 17.2 Å². The standard InChI is InChI=1S/C44H67N11O14S/c1-4-24(2)37-43(66)50-28(14-15-32(45)57)39(62)52-31(21-33(46)58)40(63)51-29(44(67)55(3)23-36(61)53-38(26-8-6-5-7-9-26)42(65)48-22-34(47)59)16-18-70(68,69)19-17-35(60)49-30(41(64)54-37)20-25-10-12-27(56)13-11-25/h10-13,24,26,28-31,37-38,56H,4-9,14-23H2,1-3H3,(H2,45,57)(H2,46,58)(H2,47,59)(H,48,65)(H,49,60)(H,50,66)(H,51,63)(H,52,62)(H,53,61)(H,54,64)/t24-,28-,29-,30+,31-,37-,38-/m0/s1. The highest BCUT2D eigenvalue weighted by Crippen LogP contribution is 2.27. The minimum atomic E-state index is -4.28. The van der Waals surface area contributed by atoms with Gasteiger partial charge in [0.15, 0.2) is 9.84 Å². The topological polar surface area (TPSA) is 408 Å². The number of primary amides is 3. The second kappa shape index (κ2) is 27.4. The van der Waals surface area contributed by atoms with E-state index < -0.39 is 174 Å². The molecule has 0 unspecified atom stereocenters. The molecule has 1 heterocycles. The van der Waals surface area contributed by atoms with Gasteiger partial charge >= 0.3 is 0 Å². The molecule has 1 saturated carbocycles. The van der Waals surface area contributed by atoms with Gasteiger partial charge in [-0.15, -0.1) is 0 Å². The van der Waals surface area contributed by atoms with E-state index in [0.717, 1.165) is 31.2 Å². The van der Waals surface area contributed by atoms with Crippen LogP contribution in [0, 0.1) is 11.8 Å². The smallest absolute Gasteiger partial charge is 0.245 e. The van der Waals surface area contributed by atoms with Gasteiger partial charge < -0.3 is 64.4 Å². The quantitative estimate of drug-likeness (QED) is 0.0707. The summed E-state index contributed by atoms with van der Waals surface area (Å²) in [6.07, 6.45) is 0.504. The summed E-state index contributed by atoms with van der Waals surface area (Å²) in [6.45, 7) is 2.08. The number of rotatable bonds is 17. The third-order valence-electron chi connectivity index (χ3n) is 12.1. The Morgan fingerprint density at radius 1 is 0.771 bits per heavy atom. The lowest BCUT2D eigenvalue weighted by Gasteiger charge is -2.31. The average molecular weight is 1010 g/mol. The van der Waals surface area contributed by atoms with Crippen LogP contribution in [-0.2, 0) is 69.0 Å². The highest BCUT2D eigenvalue weighted by atomic mass is 32.2. The van der Waals surface area contributed by atoms with E-state index in [1.54, 1.807) is 13.8 Å². The molecular weight excluding hydrogens is 939 g/mol. The Labute approximate surface area is 405 Å². The molecule has 14 N–H and O–H groups in total. The number of phenolic OH excluding ortho intramolecular Hbond substituents is 1. The molecule has 0 spiro atoms. The highest BCUT2D eigenvalue weighted by Gasteiger charge is 2.37. The van der Waals surface area contributed by atoms with Crippen LogP contribution in [0.25, 0.3) is 0 Å². The van der Waals surface area contributed by atoms with Crippen LogP contribution in [0.2, 0.25) is 0 Å². The van der Waals surface area contributed by atoms with Gasteiger partial charge in [0.25, 0.3) is 0 Å². The van der Waals surface area contributed by atoms with Crippen LogP contribution in [-0.4, -0.2) is 151 Å². The molecule has 1 saturated heterocycles. The van der Waals surface area contributed by atoms with E-state index in [2.05, 4.69) is 37.2 Å². The Balaban J connectivity index is 2.04. The van der Waals surface area contributed by atoms with Crippen LogP contribution < -0.4 is 54.4 Å².